The first-order valence-corrected chi connectivity index (χ1v) is 7.09. The van der Waals surface area contributed by atoms with Crippen molar-refractivity contribution in [1.82, 2.24) is 5.32 Å². The van der Waals surface area contributed by atoms with E-state index in [0.29, 0.717) is 6.54 Å². The van der Waals surface area contributed by atoms with Crippen LogP contribution in [0.5, 0.6) is 0 Å². The average molecular weight is 303 g/mol. The van der Waals surface area contributed by atoms with Crippen molar-refractivity contribution in [3.8, 4) is 0 Å². The van der Waals surface area contributed by atoms with E-state index in [1.54, 1.807) is 0 Å². The Morgan fingerprint density at radius 3 is 2.29 bits per heavy atom. The molecular weight excluding hydrogens is 284 g/mol. The van der Waals surface area contributed by atoms with E-state index in [1.807, 2.05) is 30.3 Å². The monoisotopic (exact) mass is 302 g/mol. The SMILES string of the molecule is NC(N)=NCc1ccc(CNCc2cccc(Cl)c2)cc1. The molecule has 0 aromatic heterocycles. The first-order chi connectivity index (χ1) is 10.1. The largest absolute Gasteiger partial charge is 0.370 e. The van der Waals surface area contributed by atoms with E-state index in [1.165, 1.54) is 11.1 Å². The summed E-state index contributed by atoms with van der Waals surface area (Å²) in [5.74, 6) is 0.113. The van der Waals surface area contributed by atoms with Crippen LogP contribution in [0.2, 0.25) is 5.02 Å². The lowest BCUT2D eigenvalue weighted by Gasteiger charge is -2.06. The molecule has 0 aliphatic carbocycles. The van der Waals surface area contributed by atoms with Gasteiger partial charge in [0.15, 0.2) is 5.96 Å². The number of halogens is 1. The summed E-state index contributed by atoms with van der Waals surface area (Å²) >= 11 is 5.95. The van der Waals surface area contributed by atoms with Gasteiger partial charge in [-0.15, -0.1) is 0 Å². The van der Waals surface area contributed by atoms with Gasteiger partial charge in [-0.1, -0.05) is 48.0 Å². The zero-order valence-electron chi connectivity index (χ0n) is 11.7. The molecule has 2 aromatic rings. The van der Waals surface area contributed by atoms with Gasteiger partial charge in [-0.3, -0.25) is 0 Å². The van der Waals surface area contributed by atoms with E-state index in [2.05, 4.69) is 28.5 Å². The van der Waals surface area contributed by atoms with Crippen molar-refractivity contribution >= 4 is 17.6 Å². The number of hydrogen-bond donors (Lipinski definition) is 3. The molecule has 0 saturated heterocycles. The summed E-state index contributed by atoms with van der Waals surface area (Å²) < 4.78 is 0. The Morgan fingerprint density at radius 1 is 0.952 bits per heavy atom. The maximum atomic E-state index is 5.95. The van der Waals surface area contributed by atoms with Crippen molar-refractivity contribution in [2.75, 3.05) is 0 Å². The molecule has 0 atom stereocenters. The quantitative estimate of drug-likeness (QED) is 0.566. The number of nitrogens with zero attached hydrogens (tertiary/aromatic N) is 1. The highest BCUT2D eigenvalue weighted by molar-refractivity contribution is 6.30. The first-order valence-electron chi connectivity index (χ1n) is 6.72. The lowest BCUT2D eigenvalue weighted by Crippen LogP contribution is -2.22. The highest BCUT2D eigenvalue weighted by Crippen LogP contribution is 2.11. The van der Waals surface area contributed by atoms with Crippen LogP contribution in [0.3, 0.4) is 0 Å². The van der Waals surface area contributed by atoms with Gasteiger partial charge in [0.05, 0.1) is 6.54 Å². The van der Waals surface area contributed by atoms with Crippen LogP contribution in [0, 0.1) is 0 Å². The highest BCUT2D eigenvalue weighted by Gasteiger charge is 1.97. The molecule has 110 valence electrons. The topological polar surface area (TPSA) is 76.4 Å². The van der Waals surface area contributed by atoms with Gasteiger partial charge in [0.2, 0.25) is 0 Å². The normalized spacial score (nSPS) is 10.3. The van der Waals surface area contributed by atoms with E-state index >= 15 is 0 Å². The number of benzene rings is 2. The van der Waals surface area contributed by atoms with Crippen LogP contribution < -0.4 is 16.8 Å². The molecule has 0 fully saturated rings. The molecule has 0 spiro atoms. The standard InChI is InChI=1S/C16H19ClN4/c17-15-3-1-2-14(8-15)10-20-9-12-4-6-13(7-5-12)11-21-16(18)19/h1-8,20H,9-11H2,(H4,18,19,21). The van der Waals surface area contributed by atoms with Gasteiger partial charge in [0.25, 0.3) is 0 Å². The summed E-state index contributed by atoms with van der Waals surface area (Å²) in [5.41, 5.74) is 14.1. The summed E-state index contributed by atoms with van der Waals surface area (Å²) in [6.45, 7) is 2.10. The molecule has 0 saturated carbocycles. The van der Waals surface area contributed by atoms with Crippen LogP contribution in [-0.4, -0.2) is 5.96 Å². The average Bonchev–Trinajstić information content (AvgIpc) is 2.46. The van der Waals surface area contributed by atoms with E-state index < -0.39 is 0 Å². The smallest absolute Gasteiger partial charge is 0.186 e. The summed E-state index contributed by atoms with van der Waals surface area (Å²) in [6, 6.07) is 16.1. The summed E-state index contributed by atoms with van der Waals surface area (Å²) in [5, 5.41) is 4.15. The van der Waals surface area contributed by atoms with Gasteiger partial charge >= 0.3 is 0 Å². The fourth-order valence-electron chi connectivity index (χ4n) is 1.94. The number of nitrogens with one attached hydrogen (secondary N) is 1. The molecule has 4 nitrogen and oxygen atoms in total. The Bertz CT molecular complexity index is 604. The Hall–Kier alpha value is -2.04. The number of hydrogen-bond acceptors (Lipinski definition) is 2. The van der Waals surface area contributed by atoms with Crippen molar-refractivity contribution in [3.63, 3.8) is 0 Å². The second kappa shape index (κ2) is 7.67. The molecule has 0 aliphatic heterocycles. The minimum absolute atomic E-state index is 0.113. The maximum Gasteiger partial charge on any atom is 0.186 e. The lowest BCUT2D eigenvalue weighted by molar-refractivity contribution is 0.693. The van der Waals surface area contributed by atoms with Crippen LogP contribution in [0.25, 0.3) is 0 Å². The van der Waals surface area contributed by atoms with Crippen molar-refractivity contribution in [2.24, 2.45) is 16.5 Å². The Balaban J connectivity index is 1.82. The van der Waals surface area contributed by atoms with Gasteiger partial charge in [-0.05, 0) is 28.8 Å². The number of rotatable bonds is 6. The molecule has 2 aromatic carbocycles. The van der Waals surface area contributed by atoms with Crippen LogP contribution in [0.4, 0.5) is 0 Å². The molecule has 21 heavy (non-hydrogen) atoms. The van der Waals surface area contributed by atoms with Crippen LogP contribution >= 0.6 is 11.6 Å². The van der Waals surface area contributed by atoms with Gasteiger partial charge in [-0.2, -0.15) is 0 Å². The predicted octanol–water partition coefficient (Wildman–Crippen LogP) is 2.40. The van der Waals surface area contributed by atoms with Crippen molar-refractivity contribution in [3.05, 3.63) is 70.2 Å². The van der Waals surface area contributed by atoms with E-state index in [9.17, 15) is 0 Å². The molecule has 0 aliphatic rings. The molecule has 5 N–H and O–H groups in total. The van der Waals surface area contributed by atoms with Gasteiger partial charge in [0, 0.05) is 18.1 Å². The number of nitrogens with two attached hydrogens (primary N) is 2. The Kier molecular flexibility index (Phi) is 5.60. The molecule has 2 rings (SSSR count). The summed E-state index contributed by atoms with van der Waals surface area (Å²) in [6.07, 6.45) is 0. The van der Waals surface area contributed by atoms with Crippen molar-refractivity contribution in [2.45, 2.75) is 19.6 Å². The zero-order chi connectivity index (χ0) is 15.1. The van der Waals surface area contributed by atoms with Crippen LogP contribution in [-0.2, 0) is 19.6 Å². The Labute approximate surface area is 129 Å². The zero-order valence-corrected chi connectivity index (χ0v) is 12.5. The fraction of sp³-hybridized carbons (Fsp3) is 0.188. The lowest BCUT2D eigenvalue weighted by atomic mass is 10.1. The minimum atomic E-state index is 0.113. The fourth-order valence-corrected chi connectivity index (χ4v) is 2.16. The van der Waals surface area contributed by atoms with E-state index in [4.69, 9.17) is 23.1 Å². The van der Waals surface area contributed by atoms with Crippen molar-refractivity contribution < 1.29 is 0 Å². The second-order valence-electron chi connectivity index (χ2n) is 4.79. The molecule has 5 heteroatoms. The molecule has 0 radical (unpaired) electrons. The third-order valence-corrected chi connectivity index (χ3v) is 3.25. The third-order valence-electron chi connectivity index (χ3n) is 3.01. The van der Waals surface area contributed by atoms with Crippen molar-refractivity contribution in [1.29, 1.82) is 0 Å². The maximum absolute atomic E-state index is 5.95. The molecule has 0 amide bonds. The predicted molar refractivity (Wildman–Crippen MR) is 88.0 cm³/mol. The first kappa shape index (κ1) is 15.4. The van der Waals surface area contributed by atoms with Gasteiger partial charge in [-0.25, -0.2) is 4.99 Å². The van der Waals surface area contributed by atoms with Crippen LogP contribution in [0.1, 0.15) is 16.7 Å². The Morgan fingerprint density at radius 2 is 1.62 bits per heavy atom. The minimum Gasteiger partial charge on any atom is -0.370 e. The summed E-state index contributed by atoms with van der Waals surface area (Å²) in [7, 11) is 0. The summed E-state index contributed by atoms with van der Waals surface area (Å²) in [4.78, 5) is 3.98. The second-order valence-corrected chi connectivity index (χ2v) is 5.23. The molecule has 0 bridgehead atoms. The highest BCUT2D eigenvalue weighted by atomic mass is 35.5. The molecule has 0 heterocycles. The van der Waals surface area contributed by atoms with E-state index in [-0.39, 0.29) is 5.96 Å². The number of guanidine groups is 1. The third kappa shape index (κ3) is 5.45. The molecular formula is C16H19ClN4. The van der Waals surface area contributed by atoms with Crippen LogP contribution in [0.15, 0.2) is 53.5 Å². The number of aliphatic imine (C=N–C) groups is 1. The van der Waals surface area contributed by atoms with E-state index in [0.717, 1.165) is 23.7 Å². The van der Waals surface area contributed by atoms with Gasteiger partial charge in [0.1, 0.15) is 0 Å². The molecule has 0 unspecified atom stereocenters. The van der Waals surface area contributed by atoms with Gasteiger partial charge < -0.3 is 16.8 Å².